The first-order valence-electron chi connectivity index (χ1n) is 7.12. The van der Waals surface area contributed by atoms with E-state index in [2.05, 4.69) is 5.32 Å². The van der Waals surface area contributed by atoms with E-state index in [1.54, 1.807) is 18.2 Å². The maximum atomic E-state index is 10.9. The fraction of sp³-hybridized carbons (Fsp3) is 0.533. The molecule has 1 amide bonds. The van der Waals surface area contributed by atoms with Crippen LogP contribution in [0.3, 0.4) is 0 Å². The fourth-order valence-corrected chi connectivity index (χ4v) is 3.13. The van der Waals surface area contributed by atoms with Crippen molar-refractivity contribution >= 4 is 11.8 Å². The number of carboxylic acid groups (broad SMARTS) is 1. The maximum Gasteiger partial charge on any atom is 0.409 e. The highest BCUT2D eigenvalue weighted by molar-refractivity contribution is 5.82. The van der Waals surface area contributed by atoms with Crippen molar-refractivity contribution in [2.24, 2.45) is 0 Å². The van der Waals surface area contributed by atoms with Crippen molar-refractivity contribution in [2.75, 3.05) is 18.5 Å². The number of aliphatic hydroxyl groups is 1. The SMILES string of the molecule is O=C(O)Nc1cccc(C2(O)CCC3(CC2)OCCO3)c1. The molecule has 2 aliphatic rings. The van der Waals surface area contributed by atoms with Gasteiger partial charge in [0.05, 0.1) is 18.8 Å². The molecule has 1 aliphatic heterocycles. The summed E-state index contributed by atoms with van der Waals surface area (Å²) in [4.78, 5) is 10.7. The van der Waals surface area contributed by atoms with E-state index >= 15 is 0 Å². The number of benzene rings is 1. The highest BCUT2D eigenvalue weighted by atomic mass is 16.7. The van der Waals surface area contributed by atoms with Gasteiger partial charge in [0, 0.05) is 18.5 Å². The zero-order valence-electron chi connectivity index (χ0n) is 11.7. The molecule has 0 atom stereocenters. The Morgan fingerprint density at radius 3 is 2.43 bits per heavy atom. The van der Waals surface area contributed by atoms with E-state index in [4.69, 9.17) is 14.6 Å². The van der Waals surface area contributed by atoms with Gasteiger partial charge in [0.2, 0.25) is 0 Å². The number of ether oxygens (including phenoxy) is 2. The van der Waals surface area contributed by atoms with E-state index in [0.29, 0.717) is 44.6 Å². The molecule has 1 saturated carbocycles. The van der Waals surface area contributed by atoms with Gasteiger partial charge in [-0.15, -0.1) is 0 Å². The van der Waals surface area contributed by atoms with Gasteiger partial charge in [-0.25, -0.2) is 4.79 Å². The summed E-state index contributed by atoms with van der Waals surface area (Å²) in [6, 6.07) is 6.91. The molecule has 6 nitrogen and oxygen atoms in total. The Labute approximate surface area is 122 Å². The standard InChI is InChI=1S/C15H19NO5/c17-13(18)16-12-3-1-2-11(10-12)14(19)4-6-15(7-5-14)20-8-9-21-15/h1-3,10,16,19H,4-9H2,(H,17,18). The van der Waals surface area contributed by atoms with E-state index in [9.17, 15) is 9.90 Å². The number of rotatable bonds is 2. The lowest BCUT2D eigenvalue weighted by Gasteiger charge is -2.40. The molecule has 0 unspecified atom stereocenters. The molecule has 1 aromatic rings. The lowest BCUT2D eigenvalue weighted by Crippen LogP contribution is -2.42. The van der Waals surface area contributed by atoms with Gasteiger partial charge in [0.15, 0.2) is 5.79 Å². The van der Waals surface area contributed by atoms with E-state index in [0.717, 1.165) is 5.56 Å². The Kier molecular flexibility index (Phi) is 3.61. The molecule has 3 rings (SSSR count). The van der Waals surface area contributed by atoms with Gasteiger partial charge in [-0.3, -0.25) is 5.32 Å². The number of nitrogens with one attached hydrogen (secondary N) is 1. The van der Waals surface area contributed by atoms with Crippen molar-refractivity contribution < 1.29 is 24.5 Å². The summed E-state index contributed by atoms with van der Waals surface area (Å²) in [6.07, 6.45) is 1.22. The van der Waals surface area contributed by atoms with Crippen molar-refractivity contribution in [3.05, 3.63) is 29.8 Å². The van der Waals surface area contributed by atoms with Crippen molar-refractivity contribution in [1.82, 2.24) is 0 Å². The third kappa shape index (κ3) is 2.88. The van der Waals surface area contributed by atoms with Crippen LogP contribution in [0.5, 0.6) is 0 Å². The fourth-order valence-electron chi connectivity index (χ4n) is 3.13. The Morgan fingerprint density at radius 2 is 1.81 bits per heavy atom. The van der Waals surface area contributed by atoms with Crippen LogP contribution in [-0.2, 0) is 15.1 Å². The molecule has 6 heteroatoms. The average molecular weight is 293 g/mol. The molecular formula is C15H19NO5. The molecule has 1 heterocycles. The minimum absolute atomic E-state index is 0.460. The molecule has 0 aromatic heterocycles. The molecule has 0 radical (unpaired) electrons. The van der Waals surface area contributed by atoms with Crippen LogP contribution in [0.4, 0.5) is 10.5 Å². The van der Waals surface area contributed by atoms with Gasteiger partial charge in [0.1, 0.15) is 0 Å². The van der Waals surface area contributed by atoms with Gasteiger partial charge < -0.3 is 19.7 Å². The number of carbonyl (C=O) groups is 1. The summed E-state index contributed by atoms with van der Waals surface area (Å²) in [6.45, 7) is 1.22. The van der Waals surface area contributed by atoms with Gasteiger partial charge in [0.25, 0.3) is 0 Å². The molecule has 1 saturated heterocycles. The summed E-state index contributed by atoms with van der Waals surface area (Å²) in [7, 11) is 0. The van der Waals surface area contributed by atoms with Crippen molar-refractivity contribution in [3.8, 4) is 0 Å². The van der Waals surface area contributed by atoms with Crippen LogP contribution in [0.15, 0.2) is 24.3 Å². The van der Waals surface area contributed by atoms with Crippen LogP contribution in [0.2, 0.25) is 0 Å². The average Bonchev–Trinajstić information content (AvgIpc) is 2.91. The molecule has 21 heavy (non-hydrogen) atoms. The number of anilines is 1. The smallest absolute Gasteiger partial charge is 0.409 e. The monoisotopic (exact) mass is 293 g/mol. The second-order valence-corrected chi connectivity index (χ2v) is 5.65. The van der Waals surface area contributed by atoms with Crippen molar-refractivity contribution in [1.29, 1.82) is 0 Å². The van der Waals surface area contributed by atoms with Crippen LogP contribution in [0.25, 0.3) is 0 Å². The summed E-state index contributed by atoms with van der Waals surface area (Å²) in [5.74, 6) is -0.525. The Bertz CT molecular complexity index is 529. The highest BCUT2D eigenvalue weighted by Gasteiger charge is 2.46. The van der Waals surface area contributed by atoms with Crippen molar-refractivity contribution in [3.63, 3.8) is 0 Å². The van der Waals surface area contributed by atoms with Gasteiger partial charge in [-0.05, 0) is 30.5 Å². The van der Waals surface area contributed by atoms with Crippen LogP contribution in [0, 0.1) is 0 Å². The van der Waals surface area contributed by atoms with E-state index in [1.165, 1.54) is 0 Å². The van der Waals surface area contributed by atoms with Crippen LogP contribution < -0.4 is 5.32 Å². The molecule has 1 aliphatic carbocycles. The first-order chi connectivity index (χ1) is 10.0. The lowest BCUT2D eigenvalue weighted by atomic mass is 9.77. The lowest BCUT2D eigenvalue weighted by molar-refractivity contribution is -0.204. The summed E-state index contributed by atoms with van der Waals surface area (Å²) >= 11 is 0. The van der Waals surface area contributed by atoms with Crippen molar-refractivity contribution in [2.45, 2.75) is 37.1 Å². The Hall–Kier alpha value is -1.63. The first kappa shape index (κ1) is 14.3. The van der Waals surface area contributed by atoms with Gasteiger partial charge in [-0.2, -0.15) is 0 Å². The van der Waals surface area contributed by atoms with Crippen LogP contribution in [0.1, 0.15) is 31.2 Å². The van der Waals surface area contributed by atoms with E-state index < -0.39 is 17.5 Å². The molecular weight excluding hydrogens is 274 g/mol. The largest absolute Gasteiger partial charge is 0.465 e. The summed E-state index contributed by atoms with van der Waals surface area (Å²) in [5.41, 5.74) is 0.222. The van der Waals surface area contributed by atoms with Gasteiger partial charge in [-0.1, -0.05) is 12.1 Å². The Balaban J connectivity index is 1.75. The number of hydrogen-bond donors (Lipinski definition) is 3. The third-order valence-electron chi connectivity index (χ3n) is 4.30. The van der Waals surface area contributed by atoms with E-state index in [1.807, 2.05) is 6.07 Å². The minimum Gasteiger partial charge on any atom is -0.465 e. The molecule has 114 valence electrons. The minimum atomic E-state index is -1.12. The molecule has 0 bridgehead atoms. The van der Waals surface area contributed by atoms with E-state index in [-0.39, 0.29) is 0 Å². The molecule has 1 spiro atoms. The zero-order valence-corrected chi connectivity index (χ0v) is 11.7. The third-order valence-corrected chi connectivity index (χ3v) is 4.30. The predicted octanol–water partition coefficient (Wildman–Crippen LogP) is 2.28. The second kappa shape index (κ2) is 5.29. The number of amides is 1. The second-order valence-electron chi connectivity index (χ2n) is 5.65. The molecule has 1 aromatic carbocycles. The van der Waals surface area contributed by atoms with Crippen LogP contribution >= 0.6 is 0 Å². The summed E-state index contributed by atoms with van der Waals surface area (Å²) in [5, 5.41) is 21.9. The first-order valence-corrected chi connectivity index (χ1v) is 7.12. The molecule has 2 fully saturated rings. The summed E-state index contributed by atoms with van der Waals surface area (Å²) < 4.78 is 11.3. The highest BCUT2D eigenvalue weighted by Crippen LogP contribution is 2.45. The van der Waals surface area contributed by atoms with Crippen LogP contribution in [-0.4, -0.2) is 35.3 Å². The van der Waals surface area contributed by atoms with Gasteiger partial charge >= 0.3 is 6.09 Å². The maximum absolute atomic E-state index is 10.9. The predicted molar refractivity (Wildman–Crippen MR) is 75.1 cm³/mol. The quantitative estimate of drug-likeness (QED) is 0.778. The topological polar surface area (TPSA) is 88.0 Å². The molecule has 3 N–H and O–H groups in total. The Morgan fingerprint density at radius 1 is 1.14 bits per heavy atom. The number of hydrogen-bond acceptors (Lipinski definition) is 4. The normalized spacial score (nSPS) is 23.1. The zero-order chi connectivity index (χ0) is 14.9.